The molecule has 0 radical (unpaired) electrons. The Kier molecular flexibility index (Phi) is 3.39. The van der Waals surface area contributed by atoms with Gasteiger partial charge in [-0.05, 0) is 16.9 Å². The third-order valence-corrected chi connectivity index (χ3v) is 2.61. The van der Waals surface area contributed by atoms with E-state index in [-0.39, 0.29) is 0 Å². The first-order valence-electron chi connectivity index (χ1n) is 5.39. The van der Waals surface area contributed by atoms with E-state index in [1.165, 1.54) is 0 Å². The van der Waals surface area contributed by atoms with Crippen LogP contribution in [0, 0.1) is 0 Å². The van der Waals surface area contributed by atoms with E-state index in [0.717, 1.165) is 16.8 Å². The molecule has 0 N–H and O–H groups in total. The first-order valence-corrected chi connectivity index (χ1v) is 5.39. The van der Waals surface area contributed by atoms with Crippen molar-refractivity contribution in [3.8, 4) is 0 Å². The van der Waals surface area contributed by atoms with Gasteiger partial charge < -0.3 is 4.74 Å². The molecule has 0 aromatic heterocycles. The molecule has 17 heavy (non-hydrogen) atoms. The first-order chi connectivity index (χ1) is 8.26. The molecule has 0 saturated carbocycles. The van der Waals surface area contributed by atoms with Crippen molar-refractivity contribution in [1.82, 2.24) is 5.01 Å². The average Bonchev–Trinajstić information content (AvgIpc) is 2.76. The van der Waals surface area contributed by atoms with E-state index in [0.29, 0.717) is 13.3 Å². The largest absolute Gasteiger partial charge is 0.380 e. The summed E-state index contributed by atoms with van der Waals surface area (Å²) in [5.41, 5.74) is 3.16. The number of anilines is 1. The third kappa shape index (κ3) is 2.29. The summed E-state index contributed by atoms with van der Waals surface area (Å²) in [6.07, 6.45) is 1.83. The first kappa shape index (κ1) is 11.6. The number of benzene rings is 1. The van der Waals surface area contributed by atoms with Crippen LogP contribution in [-0.4, -0.2) is 25.8 Å². The molecule has 1 aromatic carbocycles. The quantitative estimate of drug-likeness (QED) is 0.800. The molecule has 90 valence electrons. The Hall–Kier alpha value is -1.88. The summed E-state index contributed by atoms with van der Waals surface area (Å²) < 4.78 is 5.24. The summed E-state index contributed by atoms with van der Waals surface area (Å²) in [4.78, 5) is 0. The van der Waals surface area contributed by atoms with Gasteiger partial charge in [0.05, 0.1) is 12.3 Å². The van der Waals surface area contributed by atoms with Gasteiger partial charge in [-0.15, -0.1) is 0 Å². The van der Waals surface area contributed by atoms with Crippen molar-refractivity contribution >= 4 is 11.8 Å². The smallest absolute Gasteiger partial charge is 0.132 e. The molecule has 1 aliphatic rings. The lowest BCUT2D eigenvalue weighted by Gasteiger charge is -2.18. The van der Waals surface area contributed by atoms with Crippen LogP contribution >= 0.6 is 0 Å². The Morgan fingerprint density at radius 1 is 1.47 bits per heavy atom. The highest BCUT2D eigenvalue weighted by Gasteiger charge is 2.18. The Bertz CT molecular complexity index is 444. The zero-order chi connectivity index (χ0) is 12.3. The topological polar surface area (TPSA) is 40.4 Å². The van der Waals surface area contributed by atoms with Crippen LogP contribution in [0.3, 0.4) is 0 Å². The number of ether oxygens (including phenoxy) is 1. The second-order valence-corrected chi connectivity index (χ2v) is 3.86. The molecule has 1 aromatic rings. The van der Waals surface area contributed by atoms with Crippen molar-refractivity contribution in [2.45, 2.75) is 6.61 Å². The second-order valence-electron chi connectivity index (χ2n) is 3.86. The van der Waals surface area contributed by atoms with E-state index in [9.17, 15) is 0 Å². The van der Waals surface area contributed by atoms with Crippen LogP contribution in [0.4, 0.5) is 5.69 Å². The van der Waals surface area contributed by atoms with Crippen molar-refractivity contribution < 1.29 is 4.74 Å². The molecule has 0 saturated heterocycles. The van der Waals surface area contributed by atoms with Crippen LogP contribution in [0.15, 0.2) is 35.2 Å². The lowest BCUT2D eigenvalue weighted by molar-refractivity contribution is 0.185. The summed E-state index contributed by atoms with van der Waals surface area (Å²) in [5, 5.41) is 11.7. The highest BCUT2D eigenvalue weighted by atomic mass is 16.5. The monoisotopic (exact) mass is 232 g/mol. The van der Waals surface area contributed by atoms with E-state index < -0.39 is 0 Å². The molecular weight excluding hydrogens is 216 g/mol. The summed E-state index contributed by atoms with van der Waals surface area (Å²) >= 11 is 0. The predicted molar refractivity (Wildman–Crippen MR) is 67.2 cm³/mol. The van der Waals surface area contributed by atoms with E-state index in [4.69, 9.17) is 4.74 Å². The van der Waals surface area contributed by atoms with Crippen molar-refractivity contribution in [3.63, 3.8) is 0 Å². The molecule has 5 heteroatoms. The van der Waals surface area contributed by atoms with Gasteiger partial charge in [0.15, 0.2) is 0 Å². The Morgan fingerprint density at radius 3 is 2.88 bits per heavy atom. The Balaban J connectivity index is 2.38. The molecule has 1 aliphatic heterocycles. The number of rotatable bonds is 4. The van der Waals surface area contributed by atoms with Crippen LogP contribution in [-0.2, 0) is 11.3 Å². The summed E-state index contributed by atoms with van der Waals surface area (Å²) in [5.74, 6) is 0. The number of hydrogen-bond donors (Lipinski definition) is 0. The minimum atomic E-state index is 0.535. The highest BCUT2D eigenvalue weighted by Crippen LogP contribution is 2.27. The van der Waals surface area contributed by atoms with Crippen molar-refractivity contribution in [3.05, 3.63) is 35.9 Å². The van der Waals surface area contributed by atoms with Gasteiger partial charge in [0.25, 0.3) is 0 Å². The maximum absolute atomic E-state index is 5.24. The van der Waals surface area contributed by atoms with E-state index in [2.05, 4.69) is 17.0 Å². The maximum atomic E-state index is 5.24. The zero-order valence-electron chi connectivity index (χ0n) is 10.1. The molecule has 0 fully saturated rings. The van der Waals surface area contributed by atoms with Gasteiger partial charge in [0.1, 0.15) is 6.67 Å². The minimum absolute atomic E-state index is 0.535. The summed E-state index contributed by atoms with van der Waals surface area (Å²) in [7, 11) is 3.57. The number of hydrogen-bond acceptors (Lipinski definition) is 5. The Labute approximate surface area is 101 Å². The molecule has 0 unspecified atom stereocenters. The van der Waals surface area contributed by atoms with Crippen LogP contribution in [0.5, 0.6) is 0 Å². The molecular formula is C12H16N4O. The van der Waals surface area contributed by atoms with Crippen LogP contribution in [0.2, 0.25) is 0 Å². The molecule has 0 bridgehead atoms. The molecule has 5 nitrogen and oxygen atoms in total. The van der Waals surface area contributed by atoms with E-state index >= 15 is 0 Å². The van der Waals surface area contributed by atoms with Gasteiger partial charge >= 0.3 is 0 Å². The number of nitrogens with zero attached hydrogens (tertiary/aromatic N) is 4. The summed E-state index contributed by atoms with van der Waals surface area (Å²) in [6.45, 7) is 5.00. The normalized spacial score (nSPS) is 14.5. The van der Waals surface area contributed by atoms with Gasteiger partial charge in [-0.1, -0.05) is 30.0 Å². The molecule has 2 rings (SSSR count). The lowest BCUT2D eigenvalue weighted by Crippen LogP contribution is -2.22. The fourth-order valence-corrected chi connectivity index (χ4v) is 1.82. The fraction of sp³-hybridized carbons (Fsp3) is 0.333. The van der Waals surface area contributed by atoms with E-state index in [1.807, 2.05) is 36.3 Å². The van der Waals surface area contributed by atoms with Gasteiger partial charge in [0.2, 0.25) is 0 Å². The Morgan fingerprint density at radius 2 is 2.29 bits per heavy atom. The molecule has 0 amide bonds. The molecule has 0 atom stereocenters. The van der Waals surface area contributed by atoms with Crippen molar-refractivity contribution in [2.24, 2.45) is 10.4 Å². The number of methoxy groups -OCH3 is 1. The SMILES string of the molecule is C=Cc1cccc(N2CN(C)N=N2)c1COC. The molecule has 0 aliphatic carbocycles. The predicted octanol–water partition coefficient (Wildman–Crippen LogP) is 2.47. The van der Waals surface area contributed by atoms with Gasteiger partial charge in [0, 0.05) is 19.7 Å². The van der Waals surface area contributed by atoms with Crippen LogP contribution < -0.4 is 5.01 Å². The van der Waals surface area contributed by atoms with Crippen molar-refractivity contribution in [2.75, 3.05) is 25.8 Å². The molecule has 1 heterocycles. The average molecular weight is 232 g/mol. The fourth-order valence-electron chi connectivity index (χ4n) is 1.82. The third-order valence-electron chi connectivity index (χ3n) is 2.61. The van der Waals surface area contributed by atoms with Gasteiger partial charge in [-0.25, -0.2) is 5.01 Å². The summed E-state index contributed by atoms with van der Waals surface area (Å²) in [6, 6.07) is 6.01. The lowest BCUT2D eigenvalue weighted by atomic mass is 10.1. The van der Waals surface area contributed by atoms with Gasteiger partial charge in [-0.2, -0.15) is 0 Å². The zero-order valence-corrected chi connectivity index (χ0v) is 10.1. The minimum Gasteiger partial charge on any atom is -0.380 e. The van der Waals surface area contributed by atoms with Gasteiger partial charge in [-0.3, -0.25) is 5.01 Å². The maximum Gasteiger partial charge on any atom is 0.132 e. The highest BCUT2D eigenvalue weighted by molar-refractivity contribution is 5.64. The van der Waals surface area contributed by atoms with Crippen molar-refractivity contribution in [1.29, 1.82) is 0 Å². The molecule has 0 spiro atoms. The second kappa shape index (κ2) is 4.97. The van der Waals surface area contributed by atoms with Crippen LogP contribution in [0.1, 0.15) is 11.1 Å². The van der Waals surface area contributed by atoms with E-state index in [1.54, 1.807) is 12.1 Å². The standard InChI is InChI=1S/C12H16N4O/c1-4-10-6-5-7-12(11(10)8-17-3)16-9-15(2)13-14-16/h4-7H,1,8-9H2,2-3H3. The van der Waals surface area contributed by atoms with Crippen LogP contribution in [0.25, 0.3) is 6.08 Å².